The van der Waals surface area contributed by atoms with Crippen LogP contribution in [0.3, 0.4) is 0 Å². The number of ether oxygens (including phenoxy) is 1. The van der Waals surface area contributed by atoms with Crippen LogP contribution in [0.15, 0.2) is 36.5 Å². The number of halogens is 1. The smallest absolute Gasteiger partial charge is 0.222 e. The van der Waals surface area contributed by atoms with Gasteiger partial charge < -0.3 is 16.2 Å². The van der Waals surface area contributed by atoms with E-state index in [1.165, 1.54) is 0 Å². The number of benzene rings is 2. The molecule has 3 heterocycles. The van der Waals surface area contributed by atoms with Crippen LogP contribution in [-0.4, -0.2) is 21.6 Å². The number of pyridine rings is 1. The fourth-order valence-electron chi connectivity index (χ4n) is 3.83. The Bertz CT molecular complexity index is 1240. The molecule has 6 nitrogen and oxygen atoms in total. The molecule has 0 bridgehead atoms. The van der Waals surface area contributed by atoms with Crippen LogP contribution in [0.2, 0.25) is 5.02 Å². The molecule has 0 radical (unpaired) electrons. The van der Waals surface area contributed by atoms with Crippen molar-refractivity contribution in [3.05, 3.63) is 47.1 Å². The summed E-state index contributed by atoms with van der Waals surface area (Å²) in [4.78, 5) is 12.9. The van der Waals surface area contributed by atoms with E-state index in [0.717, 1.165) is 33.3 Å². The highest BCUT2D eigenvalue weighted by atomic mass is 35.5. The van der Waals surface area contributed by atoms with Crippen molar-refractivity contribution in [2.75, 3.05) is 18.1 Å². The first kappa shape index (κ1) is 16.1. The molecule has 1 unspecified atom stereocenters. The van der Waals surface area contributed by atoms with E-state index >= 15 is 0 Å². The molecular formula is C20H16ClN5O. The third-order valence-corrected chi connectivity index (χ3v) is 5.23. The first-order valence-corrected chi connectivity index (χ1v) is 8.97. The quantitative estimate of drug-likeness (QED) is 0.516. The van der Waals surface area contributed by atoms with Crippen LogP contribution in [0.1, 0.15) is 18.4 Å². The second-order valence-electron chi connectivity index (χ2n) is 6.76. The summed E-state index contributed by atoms with van der Waals surface area (Å²) >= 11 is 6.14. The zero-order valence-corrected chi connectivity index (χ0v) is 15.3. The highest BCUT2D eigenvalue weighted by Gasteiger charge is 2.29. The maximum absolute atomic E-state index is 6.14. The molecule has 1 atom stereocenters. The first-order chi connectivity index (χ1) is 13.0. The van der Waals surface area contributed by atoms with Gasteiger partial charge >= 0.3 is 0 Å². The van der Waals surface area contributed by atoms with Gasteiger partial charge in [-0.1, -0.05) is 24.6 Å². The van der Waals surface area contributed by atoms with Crippen molar-refractivity contribution >= 4 is 45.2 Å². The summed E-state index contributed by atoms with van der Waals surface area (Å²) in [6.45, 7) is 2.72. The van der Waals surface area contributed by atoms with Crippen molar-refractivity contribution in [3.8, 4) is 16.9 Å². The van der Waals surface area contributed by atoms with E-state index in [0.29, 0.717) is 28.4 Å². The molecule has 1 aliphatic heterocycles. The monoisotopic (exact) mass is 377 g/mol. The lowest BCUT2D eigenvalue weighted by Crippen LogP contribution is -2.02. The fourth-order valence-corrected chi connectivity index (χ4v) is 4.00. The van der Waals surface area contributed by atoms with Crippen LogP contribution < -0.4 is 16.2 Å². The van der Waals surface area contributed by atoms with Gasteiger partial charge in [0.15, 0.2) is 0 Å². The van der Waals surface area contributed by atoms with Crippen molar-refractivity contribution < 1.29 is 4.74 Å². The number of aromatic nitrogens is 3. The molecule has 7 heteroatoms. The Morgan fingerprint density at radius 1 is 1.07 bits per heavy atom. The SMILES string of the molecule is CC1COc2c1c(-c1ccnc3cc(Cl)ccc13)cc1nc(N)nc(N)c21. The molecule has 0 spiro atoms. The van der Waals surface area contributed by atoms with E-state index < -0.39 is 0 Å². The second-order valence-corrected chi connectivity index (χ2v) is 7.20. The Morgan fingerprint density at radius 2 is 1.93 bits per heavy atom. The topological polar surface area (TPSA) is 99.9 Å². The van der Waals surface area contributed by atoms with Crippen LogP contribution in [0.5, 0.6) is 5.75 Å². The Morgan fingerprint density at radius 3 is 2.78 bits per heavy atom. The molecule has 4 aromatic rings. The van der Waals surface area contributed by atoms with Crippen molar-refractivity contribution in [2.24, 2.45) is 0 Å². The zero-order chi connectivity index (χ0) is 18.7. The van der Waals surface area contributed by atoms with Crippen LogP contribution in [0.4, 0.5) is 11.8 Å². The van der Waals surface area contributed by atoms with E-state index in [4.69, 9.17) is 27.8 Å². The van der Waals surface area contributed by atoms with Gasteiger partial charge in [-0.2, -0.15) is 4.98 Å². The van der Waals surface area contributed by atoms with Crippen LogP contribution in [0.25, 0.3) is 32.9 Å². The minimum absolute atomic E-state index is 0.142. The zero-order valence-electron chi connectivity index (χ0n) is 14.5. The Hall–Kier alpha value is -3.12. The average molecular weight is 378 g/mol. The predicted molar refractivity (Wildman–Crippen MR) is 108 cm³/mol. The minimum atomic E-state index is 0.142. The number of anilines is 2. The van der Waals surface area contributed by atoms with Gasteiger partial charge in [0, 0.05) is 28.1 Å². The molecule has 5 rings (SSSR count). The number of fused-ring (bicyclic) bond motifs is 4. The molecule has 1 aliphatic rings. The van der Waals surface area contributed by atoms with Crippen LogP contribution in [0, 0.1) is 0 Å². The summed E-state index contributed by atoms with van der Waals surface area (Å²) in [7, 11) is 0. The maximum atomic E-state index is 6.14. The van der Waals surface area contributed by atoms with Gasteiger partial charge in [-0.25, -0.2) is 4.98 Å². The molecule has 0 aliphatic carbocycles. The van der Waals surface area contributed by atoms with Gasteiger partial charge in [0.25, 0.3) is 0 Å². The number of hydrogen-bond acceptors (Lipinski definition) is 6. The Labute approximate surface area is 160 Å². The Kier molecular flexibility index (Phi) is 3.39. The molecule has 0 saturated carbocycles. The van der Waals surface area contributed by atoms with Crippen LogP contribution in [-0.2, 0) is 0 Å². The van der Waals surface area contributed by atoms with E-state index in [1.54, 1.807) is 6.20 Å². The number of nitrogen functional groups attached to an aromatic ring is 2. The van der Waals surface area contributed by atoms with E-state index in [2.05, 4.69) is 21.9 Å². The normalized spacial score (nSPS) is 15.9. The van der Waals surface area contributed by atoms with Gasteiger partial charge in [-0.05, 0) is 35.4 Å². The number of nitrogens with two attached hydrogens (primary N) is 2. The molecule has 0 fully saturated rings. The minimum Gasteiger partial charge on any atom is -0.492 e. The lowest BCUT2D eigenvalue weighted by molar-refractivity contribution is 0.340. The third kappa shape index (κ3) is 2.37. The molecule has 27 heavy (non-hydrogen) atoms. The highest BCUT2D eigenvalue weighted by Crippen LogP contribution is 2.47. The van der Waals surface area contributed by atoms with Crippen molar-refractivity contribution in [1.29, 1.82) is 0 Å². The molecule has 0 amide bonds. The standard InChI is InChI=1S/C20H16ClN5O/c1-9-8-27-18-16(9)13(7-15-17(18)19(22)26-20(23)25-15)11-4-5-24-14-6-10(21)2-3-12(11)14/h2-7,9H,8H2,1H3,(H4,22,23,25,26). The summed E-state index contributed by atoms with van der Waals surface area (Å²) in [5.74, 6) is 1.43. The number of rotatable bonds is 1. The summed E-state index contributed by atoms with van der Waals surface area (Å²) in [5, 5.41) is 2.38. The molecule has 2 aromatic heterocycles. The molecule has 0 saturated heterocycles. The summed E-state index contributed by atoms with van der Waals surface area (Å²) in [5.41, 5.74) is 16.6. The molecule has 4 N–H and O–H groups in total. The lowest BCUT2D eigenvalue weighted by Gasteiger charge is -2.15. The molecular weight excluding hydrogens is 362 g/mol. The number of hydrogen-bond donors (Lipinski definition) is 2. The van der Waals surface area contributed by atoms with Crippen LogP contribution >= 0.6 is 11.6 Å². The predicted octanol–water partition coefficient (Wildman–Crippen LogP) is 4.16. The molecule has 2 aromatic carbocycles. The summed E-state index contributed by atoms with van der Waals surface area (Å²) in [6.07, 6.45) is 1.79. The van der Waals surface area contributed by atoms with Crippen molar-refractivity contribution in [2.45, 2.75) is 12.8 Å². The third-order valence-electron chi connectivity index (χ3n) is 4.99. The van der Waals surface area contributed by atoms with E-state index in [9.17, 15) is 0 Å². The first-order valence-electron chi connectivity index (χ1n) is 8.60. The van der Waals surface area contributed by atoms with Gasteiger partial charge in [0.2, 0.25) is 5.95 Å². The summed E-state index contributed by atoms with van der Waals surface area (Å²) in [6, 6.07) is 9.72. The molecule has 134 valence electrons. The maximum Gasteiger partial charge on any atom is 0.222 e. The Balaban J connectivity index is 1.91. The largest absolute Gasteiger partial charge is 0.492 e. The number of nitrogens with zero attached hydrogens (tertiary/aromatic N) is 3. The van der Waals surface area contributed by atoms with Gasteiger partial charge in [0.05, 0.1) is 23.0 Å². The summed E-state index contributed by atoms with van der Waals surface area (Å²) < 4.78 is 6.00. The average Bonchev–Trinajstić information content (AvgIpc) is 3.01. The fraction of sp³-hybridized carbons (Fsp3) is 0.150. The van der Waals surface area contributed by atoms with Crippen molar-refractivity contribution in [3.63, 3.8) is 0 Å². The van der Waals surface area contributed by atoms with Gasteiger partial charge in [-0.3, -0.25) is 4.98 Å². The van der Waals surface area contributed by atoms with E-state index in [-0.39, 0.29) is 11.9 Å². The van der Waals surface area contributed by atoms with Crippen molar-refractivity contribution in [1.82, 2.24) is 15.0 Å². The highest BCUT2D eigenvalue weighted by molar-refractivity contribution is 6.31. The second kappa shape index (κ2) is 5.69. The van der Waals surface area contributed by atoms with Gasteiger partial charge in [0.1, 0.15) is 11.6 Å². The lowest BCUT2D eigenvalue weighted by atomic mass is 9.89. The van der Waals surface area contributed by atoms with E-state index in [1.807, 2.05) is 30.3 Å². The van der Waals surface area contributed by atoms with Gasteiger partial charge in [-0.15, -0.1) is 0 Å².